The quantitative estimate of drug-likeness (QED) is 0.740. The van der Waals surface area contributed by atoms with Crippen molar-refractivity contribution < 1.29 is 27.8 Å². The van der Waals surface area contributed by atoms with Gasteiger partial charge in [-0.1, -0.05) is 0 Å². The molecule has 1 saturated heterocycles. The number of hydrogen-bond donors (Lipinski definition) is 1. The van der Waals surface area contributed by atoms with E-state index in [-0.39, 0.29) is 24.3 Å². The molecule has 1 amide bonds. The summed E-state index contributed by atoms with van der Waals surface area (Å²) in [4.78, 5) is 33.9. The number of carbonyl (C=O) groups is 2. The molecule has 0 spiro atoms. The van der Waals surface area contributed by atoms with E-state index in [0.29, 0.717) is 5.82 Å². The number of carbonyl (C=O) groups excluding carboxylic acids is 2. The first-order chi connectivity index (χ1) is 14.6. The van der Waals surface area contributed by atoms with Gasteiger partial charge in [0.2, 0.25) is 0 Å². The Morgan fingerprint density at radius 1 is 1.16 bits per heavy atom. The molecule has 1 fully saturated rings. The van der Waals surface area contributed by atoms with Crippen LogP contribution in [0.1, 0.15) is 42.7 Å². The van der Waals surface area contributed by atoms with E-state index in [1.165, 1.54) is 19.5 Å². The summed E-state index contributed by atoms with van der Waals surface area (Å²) in [6.07, 6.45) is 2.00. The van der Waals surface area contributed by atoms with Crippen molar-refractivity contribution in [1.82, 2.24) is 15.3 Å². The van der Waals surface area contributed by atoms with Crippen molar-refractivity contribution in [3.8, 4) is 0 Å². The van der Waals surface area contributed by atoms with Crippen molar-refractivity contribution in [2.75, 3.05) is 25.1 Å². The van der Waals surface area contributed by atoms with Gasteiger partial charge in [0.1, 0.15) is 23.1 Å². The number of hydrogen-bond acceptors (Lipinski definition) is 7. The summed E-state index contributed by atoms with van der Waals surface area (Å²) < 4.78 is 38.3. The van der Waals surface area contributed by atoms with Crippen LogP contribution in [0.3, 0.4) is 0 Å². The van der Waals surface area contributed by atoms with Gasteiger partial charge >= 0.3 is 12.1 Å². The minimum Gasteiger partial charge on any atom is -0.464 e. The van der Waals surface area contributed by atoms with Crippen LogP contribution in [0.15, 0.2) is 30.6 Å². The number of benzene rings is 1. The van der Waals surface area contributed by atoms with Crippen molar-refractivity contribution in [2.45, 2.75) is 38.3 Å². The van der Waals surface area contributed by atoms with Gasteiger partial charge in [-0.3, -0.25) is 0 Å². The van der Waals surface area contributed by atoms with Gasteiger partial charge in [0.05, 0.1) is 25.5 Å². The molecule has 1 aliphatic heterocycles. The van der Waals surface area contributed by atoms with Gasteiger partial charge in [0, 0.05) is 19.0 Å². The monoisotopic (exact) mass is 434 g/mol. The van der Waals surface area contributed by atoms with Crippen LogP contribution in [0.2, 0.25) is 0 Å². The molecule has 0 radical (unpaired) electrons. The number of nitrogens with one attached hydrogen (secondary N) is 1. The van der Waals surface area contributed by atoms with E-state index >= 15 is 0 Å². The SMILES string of the molecule is COC(=O)c1cnc(N2C[C@H](NC(=O)OC(C)(C)C)[C@@H](c3cc(F)ccc3F)C2)cn1. The lowest BCUT2D eigenvalue weighted by Gasteiger charge is -2.24. The summed E-state index contributed by atoms with van der Waals surface area (Å²) in [5, 5.41) is 2.75. The van der Waals surface area contributed by atoms with Crippen LogP contribution < -0.4 is 10.2 Å². The third-order valence-electron chi connectivity index (χ3n) is 4.74. The molecule has 2 atom stereocenters. The smallest absolute Gasteiger partial charge is 0.407 e. The molecular formula is C21H24F2N4O4. The predicted molar refractivity (Wildman–Crippen MR) is 108 cm³/mol. The molecule has 0 bridgehead atoms. The molecule has 166 valence electrons. The molecule has 1 N–H and O–H groups in total. The molecule has 0 unspecified atom stereocenters. The van der Waals surface area contributed by atoms with Crippen LogP contribution >= 0.6 is 0 Å². The van der Waals surface area contributed by atoms with Crippen LogP contribution in [0.5, 0.6) is 0 Å². The Kier molecular flexibility index (Phi) is 6.37. The van der Waals surface area contributed by atoms with Crippen molar-refractivity contribution in [3.63, 3.8) is 0 Å². The Morgan fingerprint density at radius 2 is 1.90 bits per heavy atom. The summed E-state index contributed by atoms with van der Waals surface area (Å²) >= 11 is 0. The minimum absolute atomic E-state index is 0.0431. The lowest BCUT2D eigenvalue weighted by molar-refractivity contribution is 0.0503. The molecule has 3 rings (SSSR count). The normalized spacial score (nSPS) is 18.6. The predicted octanol–water partition coefficient (Wildman–Crippen LogP) is 3.04. The van der Waals surface area contributed by atoms with E-state index in [0.717, 1.165) is 18.2 Å². The average Bonchev–Trinajstić information content (AvgIpc) is 3.11. The molecule has 2 aromatic rings. The first kappa shape index (κ1) is 22.4. The van der Waals surface area contributed by atoms with E-state index in [2.05, 4.69) is 20.0 Å². The maximum absolute atomic E-state index is 14.5. The third-order valence-corrected chi connectivity index (χ3v) is 4.74. The van der Waals surface area contributed by atoms with Crippen LogP contribution in [-0.4, -0.2) is 53.9 Å². The van der Waals surface area contributed by atoms with Crippen molar-refractivity contribution >= 4 is 17.9 Å². The minimum atomic E-state index is -0.711. The Morgan fingerprint density at radius 3 is 2.52 bits per heavy atom. The fourth-order valence-corrected chi connectivity index (χ4v) is 3.40. The van der Waals surface area contributed by atoms with Crippen molar-refractivity contribution in [1.29, 1.82) is 0 Å². The number of esters is 1. The third kappa shape index (κ3) is 5.44. The highest BCUT2D eigenvalue weighted by Gasteiger charge is 2.38. The Labute approximate surface area is 178 Å². The second-order valence-electron chi connectivity index (χ2n) is 8.18. The van der Waals surface area contributed by atoms with E-state index in [9.17, 15) is 18.4 Å². The number of rotatable bonds is 4. The fourth-order valence-electron chi connectivity index (χ4n) is 3.40. The Balaban J connectivity index is 1.86. The largest absolute Gasteiger partial charge is 0.464 e. The lowest BCUT2D eigenvalue weighted by atomic mass is 9.94. The number of anilines is 1. The molecule has 1 aliphatic rings. The zero-order chi connectivity index (χ0) is 22.8. The van der Waals surface area contributed by atoms with E-state index < -0.39 is 41.3 Å². The van der Waals surface area contributed by atoms with Gasteiger partial charge in [-0.15, -0.1) is 0 Å². The Hall–Kier alpha value is -3.30. The zero-order valence-electron chi connectivity index (χ0n) is 17.7. The topological polar surface area (TPSA) is 93.7 Å². The number of ether oxygens (including phenoxy) is 2. The van der Waals surface area contributed by atoms with Gasteiger partial charge in [-0.2, -0.15) is 0 Å². The van der Waals surface area contributed by atoms with Crippen LogP contribution in [0.25, 0.3) is 0 Å². The van der Waals surface area contributed by atoms with E-state index in [1.807, 2.05) is 0 Å². The van der Waals surface area contributed by atoms with E-state index in [4.69, 9.17) is 4.74 Å². The van der Waals surface area contributed by atoms with Crippen LogP contribution in [0.4, 0.5) is 19.4 Å². The second-order valence-corrected chi connectivity index (χ2v) is 8.18. The summed E-state index contributed by atoms with van der Waals surface area (Å²) in [5.74, 6) is -1.91. The number of nitrogens with zero attached hydrogens (tertiary/aromatic N) is 3. The van der Waals surface area contributed by atoms with Gasteiger partial charge in [0.15, 0.2) is 5.69 Å². The Bertz CT molecular complexity index is 963. The zero-order valence-corrected chi connectivity index (χ0v) is 17.7. The summed E-state index contributed by atoms with van der Waals surface area (Å²) in [5.41, 5.74) is -0.527. The molecule has 8 nitrogen and oxygen atoms in total. The maximum Gasteiger partial charge on any atom is 0.407 e. The number of halogens is 2. The summed E-state index contributed by atoms with van der Waals surface area (Å²) in [6.45, 7) is 5.69. The molecule has 1 aromatic carbocycles. The van der Waals surface area contributed by atoms with Crippen molar-refractivity contribution in [2.24, 2.45) is 0 Å². The van der Waals surface area contributed by atoms with Gasteiger partial charge in [-0.25, -0.2) is 28.3 Å². The number of methoxy groups -OCH3 is 1. The van der Waals surface area contributed by atoms with Gasteiger partial charge < -0.3 is 19.7 Å². The highest BCUT2D eigenvalue weighted by Crippen LogP contribution is 2.32. The second kappa shape index (κ2) is 8.83. The number of alkyl carbamates (subject to hydrolysis) is 1. The lowest BCUT2D eigenvalue weighted by Crippen LogP contribution is -2.43. The first-order valence-electron chi connectivity index (χ1n) is 9.67. The molecular weight excluding hydrogens is 410 g/mol. The number of amides is 1. The van der Waals surface area contributed by atoms with Gasteiger partial charge in [-0.05, 0) is 44.5 Å². The fraction of sp³-hybridized carbons (Fsp3) is 0.429. The molecule has 1 aromatic heterocycles. The van der Waals surface area contributed by atoms with Crippen LogP contribution in [-0.2, 0) is 9.47 Å². The van der Waals surface area contributed by atoms with Crippen molar-refractivity contribution in [3.05, 3.63) is 53.5 Å². The average molecular weight is 434 g/mol. The molecule has 2 heterocycles. The standard InChI is InChI=1S/C21H24F2N4O4/c1-21(2,3)31-20(29)26-17-11-27(18-9-24-16(8-25-18)19(28)30-4)10-14(17)13-7-12(22)5-6-15(13)23/h5-9,14,17H,10-11H2,1-4H3,(H,26,29)/t14-,17+/m1/s1. The van der Waals surface area contributed by atoms with Crippen LogP contribution in [0, 0.1) is 11.6 Å². The maximum atomic E-state index is 14.5. The molecule has 10 heteroatoms. The van der Waals surface area contributed by atoms with E-state index in [1.54, 1.807) is 25.7 Å². The first-order valence-corrected chi connectivity index (χ1v) is 9.67. The highest BCUT2D eigenvalue weighted by atomic mass is 19.1. The highest BCUT2D eigenvalue weighted by molar-refractivity contribution is 5.86. The summed E-state index contributed by atoms with van der Waals surface area (Å²) in [6, 6.07) is 2.65. The number of aromatic nitrogens is 2. The van der Waals surface area contributed by atoms with Gasteiger partial charge in [0.25, 0.3) is 0 Å². The molecule has 0 aliphatic carbocycles. The molecule has 31 heavy (non-hydrogen) atoms. The summed E-state index contributed by atoms with van der Waals surface area (Å²) in [7, 11) is 1.24. The molecule has 0 saturated carbocycles.